The van der Waals surface area contributed by atoms with E-state index in [0.717, 1.165) is 19.3 Å². The predicted octanol–water partition coefficient (Wildman–Crippen LogP) is 0.367. The summed E-state index contributed by atoms with van der Waals surface area (Å²) in [5.41, 5.74) is 5.00. The summed E-state index contributed by atoms with van der Waals surface area (Å²) in [6.45, 7) is 0.638. The van der Waals surface area contributed by atoms with Crippen molar-refractivity contribution in [3.05, 3.63) is 0 Å². The van der Waals surface area contributed by atoms with Gasteiger partial charge in [-0.05, 0) is 25.7 Å². The van der Waals surface area contributed by atoms with Gasteiger partial charge in [-0.3, -0.25) is 14.4 Å². The van der Waals surface area contributed by atoms with Gasteiger partial charge in [-0.2, -0.15) is 0 Å². The van der Waals surface area contributed by atoms with E-state index >= 15 is 0 Å². The number of hydrogen-bond acceptors (Lipinski definition) is 5. The molecule has 0 bridgehead atoms. The Labute approximate surface area is 105 Å². The zero-order valence-corrected chi connectivity index (χ0v) is 10.1. The van der Waals surface area contributed by atoms with E-state index in [1.165, 1.54) is 0 Å². The molecule has 1 rings (SSSR count). The normalized spacial score (nSPS) is 16.6. The summed E-state index contributed by atoms with van der Waals surface area (Å²) in [7, 11) is 0. The monoisotopic (exact) mass is 261 g/mol. The van der Waals surface area contributed by atoms with Crippen molar-refractivity contribution < 1.29 is 29.3 Å². The lowest BCUT2D eigenvalue weighted by atomic mass is 10.2. The minimum atomic E-state index is -1.17. The van der Waals surface area contributed by atoms with Gasteiger partial charge in [0.15, 0.2) is 0 Å². The van der Waals surface area contributed by atoms with Crippen molar-refractivity contribution in [2.24, 2.45) is 5.73 Å². The Morgan fingerprint density at radius 2 is 1.94 bits per heavy atom. The summed E-state index contributed by atoms with van der Waals surface area (Å²) in [5, 5.41) is 16.3. The van der Waals surface area contributed by atoms with E-state index in [1.807, 2.05) is 0 Å². The molecule has 1 aliphatic rings. The molecular formula is C11H19NO6. The van der Waals surface area contributed by atoms with Crippen molar-refractivity contribution in [3.63, 3.8) is 0 Å². The Morgan fingerprint density at radius 3 is 2.50 bits per heavy atom. The zero-order valence-electron chi connectivity index (χ0n) is 10.1. The Kier molecular flexibility index (Phi) is 8.55. The molecule has 7 heteroatoms. The van der Waals surface area contributed by atoms with Crippen LogP contribution in [0.4, 0.5) is 0 Å². The van der Waals surface area contributed by atoms with Gasteiger partial charge in [-0.15, -0.1) is 0 Å². The van der Waals surface area contributed by atoms with Crippen molar-refractivity contribution >= 4 is 17.9 Å². The van der Waals surface area contributed by atoms with Crippen LogP contribution in [0.2, 0.25) is 0 Å². The summed E-state index contributed by atoms with van der Waals surface area (Å²) in [6, 6.07) is -1.06. The summed E-state index contributed by atoms with van der Waals surface area (Å²) < 4.78 is 4.76. The van der Waals surface area contributed by atoms with Crippen LogP contribution in [0.5, 0.6) is 0 Å². The molecule has 4 N–H and O–H groups in total. The number of rotatable bonds is 4. The molecule has 18 heavy (non-hydrogen) atoms. The number of ether oxygens (including phenoxy) is 1. The third-order valence-corrected chi connectivity index (χ3v) is 2.27. The first-order chi connectivity index (χ1) is 8.43. The highest BCUT2D eigenvalue weighted by molar-refractivity contribution is 5.74. The number of hydrogen-bond donors (Lipinski definition) is 3. The van der Waals surface area contributed by atoms with E-state index in [1.54, 1.807) is 0 Å². The Morgan fingerprint density at radius 1 is 1.28 bits per heavy atom. The third kappa shape index (κ3) is 9.59. The summed E-state index contributed by atoms with van der Waals surface area (Å²) >= 11 is 0. The maximum atomic E-state index is 10.5. The number of aliphatic carboxylic acids is 2. The molecule has 1 unspecified atom stereocenters. The van der Waals surface area contributed by atoms with Crippen LogP contribution in [-0.4, -0.2) is 40.8 Å². The number of carboxylic acid groups (broad SMARTS) is 2. The van der Waals surface area contributed by atoms with Crippen LogP contribution in [0, 0.1) is 0 Å². The van der Waals surface area contributed by atoms with E-state index in [9.17, 15) is 14.4 Å². The molecule has 0 spiro atoms. The van der Waals surface area contributed by atoms with Gasteiger partial charge < -0.3 is 20.7 Å². The van der Waals surface area contributed by atoms with Crippen LogP contribution in [0.15, 0.2) is 0 Å². The minimum Gasteiger partial charge on any atom is -0.481 e. The highest BCUT2D eigenvalue weighted by Crippen LogP contribution is 2.06. The fraction of sp³-hybridized carbons (Fsp3) is 0.727. The highest BCUT2D eigenvalue weighted by atomic mass is 16.5. The van der Waals surface area contributed by atoms with Crippen molar-refractivity contribution in [2.45, 2.75) is 44.6 Å². The molecule has 104 valence electrons. The maximum Gasteiger partial charge on any atom is 0.320 e. The molecule has 7 nitrogen and oxygen atoms in total. The zero-order chi connectivity index (χ0) is 14.0. The van der Waals surface area contributed by atoms with Gasteiger partial charge in [-0.1, -0.05) is 0 Å². The van der Waals surface area contributed by atoms with Gasteiger partial charge in [0.1, 0.15) is 6.04 Å². The van der Waals surface area contributed by atoms with Crippen molar-refractivity contribution in [2.75, 3.05) is 6.61 Å². The van der Waals surface area contributed by atoms with Gasteiger partial charge in [0.25, 0.3) is 0 Å². The smallest absolute Gasteiger partial charge is 0.320 e. The van der Waals surface area contributed by atoms with E-state index in [-0.39, 0.29) is 18.8 Å². The van der Waals surface area contributed by atoms with E-state index in [4.69, 9.17) is 20.7 Å². The minimum absolute atomic E-state index is 0.0231. The second-order valence-electron chi connectivity index (χ2n) is 3.91. The van der Waals surface area contributed by atoms with Crippen LogP contribution in [0.25, 0.3) is 0 Å². The quantitative estimate of drug-likeness (QED) is 0.623. The average Bonchev–Trinajstić information content (AvgIpc) is 2.54. The van der Waals surface area contributed by atoms with Gasteiger partial charge in [-0.25, -0.2) is 0 Å². The Balaban J connectivity index is 0.000000327. The molecule has 1 aliphatic heterocycles. The molecule has 0 aromatic rings. The molecule has 1 fully saturated rings. The number of carboxylic acids is 2. The van der Waals surface area contributed by atoms with E-state index < -0.39 is 18.0 Å². The number of carbonyl (C=O) groups excluding carboxylic acids is 1. The standard InChI is InChI=1S/C6H10O2.C5H9NO4/c7-6-4-2-1-3-5-8-6;6-3(5(9)10)1-2-4(7)8/h1-5H2;3H,1-2,6H2,(H,7,8)(H,9,10). The number of carbonyl (C=O) groups is 3. The molecule has 0 radical (unpaired) electrons. The Bertz CT molecular complexity index is 281. The first kappa shape index (κ1) is 16.4. The first-order valence-electron chi connectivity index (χ1n) is 5.79. The molecule has 0 aliphatic carbocycles. The fourth-order valence-corrected chi connectivity index (χ4v) is 1.21. The van der Waals surface area contributed by atoms with Crippen LogP contribution < -0.4 is 5.73 Å². The third-order valence-electron chi connectivity index (χ3n) is 2.27. The van der Waals surface area contributed by atoms with Crippen LogP contribution in [0.1, 0.15) is 38.5 Å². The summed E-state index contributed by atoms with van der Waals surface area (Å²) in [4.78, 5) is 30.3. The van der Waals surface area contributed by atoms with Crippen molar-refractivity contribution in [1.82, 2.24) is 0 Å². The topological polar surface area (TPSA) is 127 Å². The van der Waals surface area contributed by atoms with Crippen molar-refractivity contribution in [1.29, 1.82) is 0 Å². The summed E-state index contributed by atoms with van der Waals surface area (Å²) in [5.74, 6) is -2.22. The fourth-order valence-electron chi connectivity index (χ4n) is 1.21. The molecule has 0 aromatic heterocycles. The summed E-state index contributed by atoms with van der Waals surface area (Å²) in [6.07, 6.45) is 3.61. The molecule has 1 atom stereocenters. The molecule has 0 amide bonds. The highest BCUT2D eigenvalue weighted by Gasteiger charge is 2.12. The Hall–Kier alpha value is -1.63. The van der Waals surface area contributed by atoms with Gasteiger partial charge in [0.2, 0.25) is 0 Å². The van der Waals surface area contributed by atoms with E-state index in [0.29, 0.717) is 13.0 Å². The molecule has 1 saturated heterocycles. The lowest BCUT2D eigenvalue weighted by Gasteiger charge is -2.01. The molecule has 1 heterocycles. The van der Waals surface area contributed by atoms with E-state index in [2.05, 4.69) is 0 Å². The van der Waals surface area contributed by atoms with Gasteiger partial charge in [0, 0.05) is 12.8 Å². The lowest BCUT2D eigenvalue weighted by molar-refractivity contribution is -0.143. The van der Waals surface area contributed by atoms with Crippen molar-refractivity contribution in [3.8, 4) is 0 Å². The lowest BCUT2D eigenvalue weighted by Crippen LogP contribution is -2.30. The molecule has 0 saturated carbocycles. The predicted molar refractivity (Wildman–Crippen MR) is 61.9 cm³/mol. The molecular weight excluding hydrogens is 242 g/mol. The van der Waals surface area contributed by atoms with Gasteiger partial charge in [0.05, 0.1) is 6.61 Å². The van der Waals surface area contributed by atoms with Crippen LogP contribution >= 0.6 is 0 Å². The van der Waals surface area contributed by atoms with Crippen LogP contribution in [0.3, 0.4) is 0 Å². The maximum absolute atomic E-state index is 10.5. The van der Waals surface area contributed by atoms with Crippen LogP contribution in [-0.2, 0) is 19.1 Å². The SMILES string of the molecule is NC(CCC(=O)O)C(=O)O.O=C1CCCCCO1. The largest absolute Gasteiger partial charge is 0.481 e. The average molecular weight is 261 g/mol. The first-order valence-corrected chi connectivity index (χ1v) is 5.79. The second kappa shape index (κ2) is 9.41. The second-order valence-corrected chi connectivity index (χ2v) is 3.91. The number of cyclic esters (lactones) is 1. The number of nitrogens with two attached hydrogens (primary N) is 1. The van der Waals surface area contributed by atoms with Gasteiger partial charge >= 0.3 is 17.9 Å². The molecule has 0 aromatic carbocycles. The number of esters is 1.